The molecule has 1 unspecified atom stereocenters. The minimum Gasteiger partial charge on any atom is -0.483 e. The zero-order valence-electron chi connectivity index (χ0n) is 10.7. The number of carbonyl (C=O) groups is 1. The Kier molecular flexibility index (Phi) is 4.16. The summed E-state index contributed by atoms with van der Waals surface area (Å²) in [5.41, 5.74) is 0. The highest BCUT2D eigenvalue weighted by Gasteiger charge is 2.17. The molecule has 0 aliphatic heterocycles. The molecule has 2 rings (SSSR count). The van der Waals surface area contributed by atoms with Crippen molar-refractivity contribution in [2.24, 2.45) is 7.05 Å². The molecule has 6 heteroatoms. The van der Waals surface area contributed by atoms with Crippen molar-refractivity contribution >= 4 is 17.4 Å². The molecule has 0 aliphatic carbocycles. The molecule has 0 amide bonds. The molecule has 5 nitrogen and oxygen atoms in total. The van der Waals surface area contributed by atoms with E-state index in [0.29, 0.717) is 16.6 Å². The van der Waals surface area contributed by atoms with Crippen LogP contribution in [-0.4, -0.2) is 26.7 Å². The van der Waals surface area contributed by atoms with Gasteiger partial charge in [0.05, 0.1) is 6.42 Å². The number of halogens is 1. The zero-order valence-corrected chi connectivity index (χ0v) is 11.5. The van der Waals surface area contributed by atoms with E-state index >= 15 is 0 Å². The largest absolute Gasteiger partial charge is 0.483 e. The average molecular weight is 280 g/mol. The molecule has 0 saturated heterocycles. The number of aromatic nitrogens is 3. The first-order valence-electron chi connectivity index (χ1n) is 5.84. The van der Waals surface area contributed by atoms with Crippen LogP contribution in [0.3, 0.4) is 0 Å². The standard InChI is InChI=1S/C13H14ClN3O2/c1-9(19-11-5-3-4-10(14)6-11)12(18)7-13-15-8-16-17(13)2/h3-6,8-9H,7H2,1-2H3. The van der Waals surface area contributed by atoms with Crippen LogP contribution in [0.4, 0.5) is 0 Å². The molecule has 0 saturated carbocycles. The molecule has 2 aromatic rings. The van der Waals surface area contributed by atoms with Crippen LogP contribution in [0.5, 0.6) is 5.75 Å². The Labute approximate surface area is 116 Å². The highest BCUT2D eigenvalue weighted by atomic mass is 35.5. The minimum absolute atomic E-state index is 0.0592. The van der Waals surface area contributed by atoms with E-state index in [2.05, 4.69) is 10.1 Å². The zero-order chi connectivity index (χ0) is 13.8. The van der Waals surface area contributed by atoms with E-state index in [-0.39, 0.29) is 12.2 Å². The number of aryl methyl sites for hydroxylation is 1. The van der Waals surface area contributed by atoms with Crippen molar-refractivity contribution in [1.29, 1.82) is 0 Å². The number of benzene rings is 1. The Morgan fingerprint density at radius 2 is 2.32 bits per heavy atom. The van der Waals surface area contributed by atoms with Crippen LogP contribution >= 0.6 is 11.6 Å². The lowest BCUT2D eigenvalue weighted by Gasteiger charge is -2.13. The van der Waals surface area contributed by atoms with Crippen LogP contribution in [-0.2, 0) is 18.3 Å². The fourth-order valence-electron chi connectivity index (χ4n) is 1.59. The Bertz CT molecular complexity index is 583. The fourth-order valence-corrected chi connectivity index (χ4v) is 1.77. The number of rotatable bonds is 5. The summed E-state index contributed by atoms with van der Waals surface area (Å²) in [4.78, 5) is 16.0. The third-order valence-corrected chi connectivity index (χ3v) is 2.93. The summed E-state index contributed by atoms with van der Waals surface area (Å²) in [7, 11) is 1.75. The van der Waals surface area contributed by atoms with Crippen molar-refractivity contribution < 1.29 is 9.53 Å². The van der Waals surface area contributed by atoms with E-state index in [1.165, 1.54) is 6.33 Å². The molecule has 1 aromatic carbocycles. The minimum atomic E-state index is -0.560. The average Bonchev–Trinajstić information content (AvgIpc) is 2.75. The third-order valence-electron chi connectivity index (χ3n) is 2.70. The summed E-state index contributed by atoms with van der Waals surface area (Å²) in [6, 6.07) is 6.96. The van der Waals surface area contributed by atoms with E-state index in [9.17, 15) is 4.79 Å². The normalized spacial score (nSPS) is 12.2. The second-order valence-corrected chi connectivity index (χ2v) is 4.60. The molecular formula is C13H14ClN3O2. The van der Waals surface area contributed by atoms with E-state index in [1.54, 1.807) is 42.9 Å². The van der Waals surface area contributed by atoms with Gasteiger partial charge in [-0.05, 0) is 25.1 Å². The Morgan fingerprint density at radius 1 is 1.53 bits per heavy atom. The van der Waals surface area contributed by atoms with Gasteiger partial charge < -0.3 is 4.74 Å². The fraction of sp³-hybridized carbons (Fsp3) is 0.308. The molecule has 100 valence electrons. The number of hydrogen-bond acceptors (Lipinski definition) is 4. The van der Waals surface area contributed by atoms with E-state index < -0.39 is 6.10 Å². The first kappa shape index (κ1) is 13.5. The summed E-state index contributed by atoms with van der Waals surface area (Å²) < 4.78 is 7.13. The van der Waals surface area contributed by atoms with Gasteiger partial charge in [0.2, 0.25) is 0 Å². The van der Waals surface area contributed by atoms with E-state index in [4.69, 9.17) is 16.3 Å². The highest BCUT2D eigenvalue weighted by molar-refractivity contribution is 6.30. The lowest BCUT2D eigenvalue weighted by Crippen LogP contribution is -2.26. The van der Waals surface area contributed by atoms with Crippen LogP contribution in [0.25, 0.3) is 0 Å². The van der Waals surface area contributed by atoms with Gasteiger partial charge in [0.1, 0.15) is 17.9 Å². The maximum Gasteiger partial charge on any atom is 0.180 e. The van der Waals surface area contributed by atoms with Gasteiger partial charge in [0, 0.05) is 12.1 Å². The van der Waals surface area contributed by atoms with Crippen molar-refractivity contribution in [2.75, 3.05) is 0 Å². The number of nitrogens with zero attached hydrogens (tertiary/aromatic N) is 3. The third kappa shape index (κ3) is 3.54. The van der Waals surface area contributed by atoms with Crippen molar-refractivity contribution in [1.82, 2.24) is 14.8 Å². The summed E-state index contributed by atoms with van der Waals surface area (Å²) >= 11 is 5.86. The quantitative estimate of drug-likeness (QED) is 0.840. The molecule has 1 aromatic heterocycles. The van der Waals surface area contributed by atoms with Crippen molar-refractivity contribution in [3.8, 4) is 5.75 Å². The van der Waals surface area contributed by atoms with E-state index in [1.807, 2.05) is 0 Å². The van der Waals surface area contributed by atoms with Crippen molar-refractivity contribution in [3.63, 3.8) is 0 Å². The van der Waals surface area contributed by atoms with Crippen LogP contribution in [0, 0.1) is 0 Å². The number of ketones is 1. The lowest BCUT2D eigenvalue weighted by atomic mass is 10.2. The Morgan fingerprint density at radius 3 is 2.95 bits per heavy atom. The summed E-state index contributed by atoms with van der Waals surface area (Å²) in [6.45, 7) is 1.71. The van der Waals surface area contributed by atoms with Crippen LogP contribution in [0.2, 0.25) is 5.02 Å². The predicted molar refractivity (Wildman–Crippen MR) is 71.3 cm³/mol. The first-order valence-corrected chi connectivity index (χ1v) is 6.22. The molecule has 1 atom stereocenters. The molecule has 0 bridgehead atoms. The van der Waals surface area contributed by atoms with Gasteiger partial charge in [0.15, 0.2) is 11.9 Å². The van der Waals surface area contributed by atoms with Gasteiger partial charge in [-0.15, -0.1) is 0 Å². The lowest BCUT2D eigenvalue weighted by molar-refractivity contribution is -0.124. The second-order valence-electron chi connectivity index (χ2n) is 4.16. The molecule has 19 heavy (non-hydrogen) atoms. The second kappa shape index (κ2) is 5.84. The maximum absolute atomic E-state index is 12.0. The Hall–Kier alpha value is -1.88. The summed E-state index contributed by atoms with van der Waals surface area (Å²) in [5.74, 6) is 1.13. The summed E-state index contributed by atoms with van der Waals surface area (Å²) in [5, 5.41) is 4.49. The first-order chi connectivity index (χ1) is 9.06. The predicted octanol–water partition coefficient (Wildman–Crippen LogP) is 2.05. The van der Waals surface area contributed by atoms with E-state index in [0.717, 1.165) is 0 Å². The van der Waals surface area contributed by atoms with Gasteiger partial charge >= 0.3 is 0 Å². The van der Waals surface area contributed by atoms with Crippen LogP contribution in [0.15, 0.2) is 30.6 Å². The van der Waals surface area contributed by atoms with Gasteiger partial charge in [-0.1, -0.05) is 17.7 Å². The molecule has 0 aliphatic rings. The number of ether oxygens (including phenoxy) is 1. The molecule has 0 fully saturated rings. The molecule has 1 heterocycles. The smallest absolute Gasteiger partial charge is 0.180 e. The Balaban J connectivity index is 1.98. The van der Waals surface area contributed by atoms with Gasteiger partial charge in [-0.25, -0.2) is 4.98 Å². The number of Topliss-reactive ketones (excluding diaryl/α,β-unsaturated/α-hetero) is 1. The maximum atomic E-state index is 12.0. The van der Waals surface area contributed by atoms with Crippen LogP contribution in [0.1, 0.15) is 12.7 Å². The van der Waals surface area contributed by atoms with Crippen LogP contribution < -0.4 is 4.74 Å². The summed E-state index contributed by atoms with van der Waals surface area (Å²) in [6.07, 6.45) is 1.05. The molecule has 0 N–H and O–H groups in total. The monoisotopic (exact) mass is 279 g/mol. The number of carbonyl (C=O) groups excluding carboxylic acids is 1. The number of hydrogen-bond donors (Lipinski definition) is 0. The van der Waals surface area contributed by atoms with Crippen molar-refractivity contribution in [2.45, 2.75) is 19.4 Å². The van der Waals surface area contributed by atoms with Gasteiger partial charge in [-0.3, -0.25) is 9.48 Å². The molecular weight excluding hydrogens is 266 g/mol. The molecule has 0 spiro atoms. The topological polar surface area (TPSA) is 57.0 Å². The van der Waals surface area contributed by atoms with Gasteiger partial charge in [-0.2, -0.15) is 5.10 Å². The SMILES string of the molecule is CC(Oc1cccc(Cl)c1)C(=O)Cc1ncnn1C. The van der Waals surface area contributed by atoms with Gasteiger partial charge in [0.25, 0.3) is 0 Å². The highest BCUT2D eigenvalue weighted by Crippen LogP contribution is 2.18. The molecule has 0 radical (unpaired) electrons. The van der Waals surface area contributed by atoms with Crippen molar-refractivity contribution in [3.05, 3.63) is 41.4 Å².